The molecule has 8 nitrogen and oxygen atoms in total. The molecular weight excluding hydrogens is 929 g/mol. The van der Waals surface area contributed by atoms with E-state index in [0.717, 1.165) is 112 Å². The van der Waals surface area contributed by atoms with Gasteiger partial charge in [0.15, 0.2) is 0 Å². The van der Waals surface area contributed by atoms with Gasteiger partial charge in [0, 0.05) is 39.3 Å². The lowest BCUT2D eigenvalue weighted by Gasteiger charge is -2.49. The van der Waals surface area contributed by atoms with Crippen molar-refractivity contribution in [1.82, 2.24) is 9.97 Å². The zero-order valence-electron chi connectivity index (χ0n) is 40.8. The van der Waals surface area contributed by atoms with Crippen LogP contribution in [0, 0.1) is 22.7 Å². The Bertz CT molecular complexity index is 4230. The normalized spacial score (nSPS) is 15.4. The number of hydrogen-bond acceptors (Lipinski definition) is 8. The monoisotopic (exact) mass is 970 g/mol. The molecule has 3 heterocycles. The zero-order chi connectivity index (χ0) is 50.4. The lowest BCUT2D eigenvalue weighted by atomic mass is 9.88. The van der Waals surface area contributed by atoms with Gasteiger partial charge in [-0.15, -0.1) is 0 Å². The number of para-hydroxylation sites is 8. The molecule has 10 aromatic carbocycles. The summed E-state index contributed by atoms with van der Waals surface area (Å²) < 4.78 is 0. The molecule has 0 fully saturated rings. The smallest absolute Gasteiger partial charge is 0.101 e. The minimum Gasteiger partial charge on any atom is -0.330 e. The van der Waals surface area contributed by atoms with Gasteiger partial charge in [-0.25, -0.2) is 9.97 Å². The van der Waals surface area contributed by atoms with Crippen LogP contribution in [0.15, 0.2) is 243 Å². The van der Waals surface area contributed by atoms with E-state index in [1.807, 2.05) is 0 Å². The number of nitriles is 2. The van der Waals surface area contributed by atoms with Crippen LogP contribution in [0.5, 0.6) is 0 Å². The number of fused-ring (bicyclic) bond motifs is 8. The molecular formula is C68H42N8. The molecule has 0 bridgehead atoms. The van der Waals surface area contributed by atoms with E-state index in [0.29, 0.717) is 11.0 Å². The first kappa shape index (κ1) is 43.1. The molecule has 0 spiro atoms. The highest BCUT2D eigenvalue weighted by Crippen LogP contribution is 2.56. The Morgan fingerprint density at radius 2 is 0.684 bits per heavy atom. The second-order valence-electron chi connectivity index (χ2n) is 19.5. The lowest BCUT2D eigenvalue weighted by Crippen LogP contribution is -2.52. The van der Waals surface area contributed by atoms with Crippen LogP contribution in [0.25, 0.3) is 66.6 Å². The van der Waals surface area contributed by atoms with E-state index in [9.17, 15) is 10.5 Å². The second-order valence-corrected chi connectivity index (χ2v) is 19.5. The fourth-order valence-electron chi connectivity index (χ4n) is 12.2. The Labute approximate surface area is 439 Å². The maximum absolute atomic E-state index is 9.95. The topological polar surface area (TPSA) is 86.3 Å². The quantitative estimate of drug-likeness (QED) is 0.163. The second kappa shape index (κ2) is 17.0. The summed E-state index contributed by atoms with van der Waals surface area (Å²) >= 11 is 0. The summed E-state index contributed by atoms with van der Waals surface area (Å²) in [5.41, 5.74) is 20.7. The predicted octanol–water partition coefficient (Wildman–Crippen LogP) is 16.9. The Balaban J connectivity index is 0.878. The molecule has 15 rings (SSSR count). The lowest BCUT2D eigenvalue weighted by molar-refractivity contribution is 0.638. The number of aromatic nitrogens is 2. The summed E-state index contributed by atoms with van der Waals surface area (Å²) in [7, 11) is 0. The third kappa shape index (κ3) is 6.48. The van der Waals surface area contributed by atoms with E-state index in [2.05, 4.69) is 262 Å². The van der Waals surface area contributed by atoms with Crippen molar-refractivity contribution in [2.45, 2.75) is 12.1 Å². The molecule has 2 atom stereocenters. The molecule has 4 aliphatic rings. The van der Waals surface area contributed by atoms with Gasteiger partial charge in [0.2, 0.25) is 0 Å². The molecule has 0 N–H and O–H groups in total. The summed E-state index contributed by atoms with van der Waals surface area (Å²) in [6, 6.07) is 81.9. The van der Waals surface area contributed by atoms with Crippen LogP contribution in [0.3, 0.4) is 0 Å². The van der Waals surface area contributed by atoms with Gasteiger partial charge in [-0.2, -0.15) is 10.5 Å². The number of benzene rings is 10. The van der Waals surface area contributed by atoms with Crippen molar-refractivity contribution >= 4 is 78.7 Å². The summed E-state index contributed by atoms with van der Waals surface area (Å²) in [5, 5.41) is 22.1. The third-order valence-corrected chi connectivity index (χ3v) is 15.5. The number of hydrogen-bond donors (Lipinski definition) is 0. The maximum Gasteiger partial charge on any atom is 0.101 e. The minimum atomic E-state index is 0.0505. The molecule has 11 aromatic rings. The first-order valence-corrected chi connectivity index (χ1v) is 25.5. The van der Waals surface area contributed by atoms with Gasteiger partial charge in [0.05, 0.1) is 79.8 Å². The van der Waals surface area contributed by atoms with Crippen LogP contribution in [-0.4, -0.2) is 22.1 Å². The summed E-state index contributed by atoms with van der Waals surface area (Å²) in [4.78, 5) is 20.1. The summed E-state index contributed by atoms with van der Waals surface area (Å²) in [6.45, 7) is 0. The SMILES string of the molecule is N#Cc1cc2nc3c(nc2cc1C#N)-c1ccc(-c2ccc(N4c5ccccc5N(c5ccccc5)C5C=CC=CC54)cc2)c2c(-c4ccc(N5c6ccccc6N(c6ccccc6)c6ccccc65)cc4)ccc-3c12. The molecule has 354 valence electrons. The molecule has 76 heavy (non-hydrogen) atoms. The molecule has 0 amide bonds. The first-order chi connectivity index (χ1) is 37.6. The van der Waals surface area contributed by atoms with Crippen molar-refractivity contribution < 1.29 is 0 Å². The average Bonchev–Trinajstić information content (AvgIpc) is 3.93. The van der Waals surface area contributed by atoms with Crippen molar-refractivity contribution in [1.29, 1.82) is 10.5 Å². The molecule has 2 aliphatic heterocycles. The van der Waals surface area contributed by atoms with Gasteiger partial charge < -0.3 is 19.6 Å². The fraction of sp³-hybridized carbons (Fsp3) is 0.0294. The van der Waals surface area contributed by atoms with Gasteiger partial charge in [-0.1, -0.05) is 146 Å². The Morgan fingerprint density at radius 1 is 0.342 bits per heavy atom. The number of allylic oxidation sites excluding steroid dienone is 2. The summed E-state index contributed by atoms with van der Waals surface area (Å²) in [5.74, 6) is 0. The highest BCUT2D eigenvalue weighted by molar-refractivity contribution is 6.22. The van der Waals surface area contributed by atoms with E-state index in [-0.39, 0.29) is 23.2 Å². The van der Waals surface area contributed by atoms with E-state index >= 15 is 0 Å². The highest BCUT2D eigenvalue weighted by Gasteiger charge is 2.39. The first-order valence-electron chi connectivity index (χ1n) is 25.5. The minimum absolute atomic E-state index is 0.0505. The molecule has 8 heteroatoms. The molecule has 0 saturated heterocycles. The van der Waals surface area contributed by atoms with E-state index < -0.39 is 0 Å². The van der Waals surface area contributed by atoms with Crippen LogP contribution in [0.1, 0.15) is 11.1 Å². The van der Waals surface area contributed by atoms with Gasteiger partial charge in [-0.05, 0) is 125 Å². The maximum atomic E-state index is 9.95. The third-order valence-electron chi connectivity index (χ3n) is 15.5. The molecule has 0 saturated carbocycles. The Kier molecular flexibility index (Phi) is 9.65. The number of rotatable bonds is 6. The van der Waals surface area contributed by atoms with Crippen molar-refractivity contribution in [3.8, 4) is 56.9 Å². The van der Waals surface area contributed by atoms with E-state index in [4.69, 9.17) is 9.97 Å². The Hall–Kier alpha value is -10.5. The van der Waals surface area contributed by atoms with E-state index in [1.54, 1.807) is 12.1 Å². The van der Waals surface area contributed by atoms with Crippen LogP contribution < -0.4 is 19.6 Å². The van der Waals surface area contributed by atoms with Gasteiger partial charge in [0.1, 0.15) is 12.1 Å². The summed E-state index contributed by atoms with van der Waals surface area (Å²) in [6.07, 6.45) is 8.96. The Morgan fingerprint density at radius 3 is 1.12 bits per heavy atom. The molecule has 1 aromatic heterocycles. The van der Waals surface area contributed by atoms with Crippen molar-refractivity contribution in [2.24, 2.45) is 0 Å². The van der Waals surface area contributed by atoms with Crippen molar-refractivity contribution in [3.63, 3.8) is 0 Å². The van der Waals surface area contributed by atoms with Crippen molar-refractivity contribution in [2.75, 3.05) is 19.6 Å². The van der Waals surface area contributed by atoms with Crippen LogP contribution in [0.2, 0.25) is 0 Å². The molecule has 2 aliphatic carbocycles. The largest absolute Gasteiger partial charge is 0.330 e. The zero-order valence-corrected chi connectivity index (χ0v) is 40.8. The fourth-order valence-corrected chi connectivity index (χ4v) is 12.2. The predicted molar refractivity (Wildman–Crippen MR) is 308 cm³/mol. The van der Waals surface area contributed by atoms with E-state index in [1.165, 1.54) is 0 Å². The van der Waals surface area contributed by atoms with Crippen LogP contribution in [-0.2, 0) is 0 Å². The molecule has 0 radical (unpaired) electrons. The van der Waals surface area contributed by atoms with Gasteiger partial charge in [0.25, 0.3) is 0 Å². The van der Waals surface area contributed by atoms with Crippen LogP contribution in [0.4, 0.5) is 56.9 Å². The van der Waals surface area contributed by atoms with Crippen LogP contribution >= 0.6 is 0 Å². The van der Waals surface area contributed by atoms with Crippen molar-refractivity contribution in [3.05, 3.63) is 254 Å². The number of anilines is 10. The van der Waals surface area contributed by atoms with Gasteiger partial charge >= 0.3 is 0 Å². The average molecular weight is 971 g/mol. The number of nitrogens with zero attached hydrogens (tertiary/aromatic N) is 8. The van der Waals surface area contributed by atoms with Gasteiger partial charge in [-0.3, -0.25) is 0 Å². The molecule has 2 unspecified atom stereocenters. The standard InChI is InChI=1S/C68H42N8/c69-41-45-39-55-56(40-46(45)42-70)72-68-54-38-36-52(44-29-33-50(34-30-44)76-63-25-13-9-21-59(63)74(48-17-5-2-6-18-48)60-22-10-14-26-64(60)76)65-51(35-37-53(66(54)65)67(68)71-55)43-27-31-49(32-28-43)75-61-23-11-7-19-57(61)73(47-15-3-1-4-16-47)58-20-8-12-24-62(58)75/h1-40,57,61H. The highest BCUT2D eigenvalue weighted by atomic mass is 15.3.